The SMILES string of the molecule is Cc1ccnc(Nc2nc(CN)co2)c1. The number of nitrogens with zero attached hydrogens (tertiary/aromatic N) is 2. The molecule has 2 rings (SSSR count). The Bertz CT molecular complexity index is 452. The molecule has 0 aliphatic carbocycles. The van der Waals surface area contributed by atoms with Crippen LogP contribution in [0.15, 0.2) is 29.0 Å². The fourth-order valence-electron chi connectivity index (χ4n) is 1.17. The van der Waals surface area contributed by atoms with E-state index in [0.29, 0.717) is 24.1 Å². The average Bonchev–Trinajstić information content (AvgIpc) is 2.65. The molecule has 15 heavy (non-hydrogen) atoms. The second-order valence-corrected chi connectivity index (χ2v) is 3.19. The summed E-state index contributed by atoms with van der Waals surface area (Å²) < 4.78 is 5.16. The highest BCUT2D eigenvalue weighted by Gasteiger charge is 2.03. The maximum Gasteiger partial charge on any atom is 0.300 e. The number of pyridine rings is 1. The van der Waals surface area contributed by atoms with Gasteiger partial charge in [0.1, 0.15) is 12.1 Å². The Hall–Kier alpha value is -1.88. The molecular weight excluding hydrogens is 192 g/mol. The maximum atomic E-state index is 5.41. The average molecular weight is 204 g/mol. The predicted octanol–water partition coefficient (Wildman–Crippen LogP) is 1.58. The Balaban J connectivity index is 2.14. The summed E-state index contributed by atoms with van der Waals surface area (Å²) in [6, 6.07) is 4.24. The van der Waals surface area contributed by atoms with Gasteiger partial charge >= 0.3 is 6.01 Å². The molecule has 0 saturated carbocycles. The fraction of sp³-hybridized carbons (Fsp3) is 0.200. The zero-order valence-corrected chi connectivity index (χ0v) is 8.40. The lowest BCUT2D eigenvalue weighted by molar-refractivity contribution is 0.575. The van der Waals surface area contributed by atoms with Crippen LogP contribution in [0.25, 0.3) is 0 Å². The summed E-state index contributed by atoms with van der Waals surface area (Å²) in [4.78, 5) is 8.24. The van der Waals surface area contributed by atoms with Crippen molar-refractivity contribution in [1.29, 1.82) is 0 Å². The van der Waals surface area contributed by atoms with E-state index in [1.165, 1.54) is 6.26 Å². The van der Waals surface area contributed by atoms with Crippen LogP contribution in [0.5, 0.6) is 0 Å². The zero-order chi connectivity index (χ0) is 10.7. The van der Waals surface area contributed by atoms with Crippen molar-refractivity contribution in [2.24, 2.45) is 5.73 Å². The number of oxazole rings is 1. The number of aryl methyl sites for hydroxylation is 1. The van der Waals surface area contributed by atoms with E-state index in [1.807, 2.05) is 19.1 Å². The van der Waals surface area contributed by atoms with Gasteiger partial charge in [-0.15, -0.1) is 0 Å². The summed E-state index contributed by atoms with van der Waals surface area (Å²) in [6.07, 6.45) is 3.25. The van der Waals surface area contributed by atoms with E-state index >= 15 is 0 Å². The van der Waals surface area contributed by atoms with Crippen molar-refractivity contribution in [3.05, 3.63) is 35.9 Å². The molecule has 0 amide bonds. The van der Waals surface area contributed by atoms with Crippen molar-refractivity contribution in [3.63, 3.8) is 0 Å². The van der Waals surface area contributed by atoms with Crippen LogP contribution in [0.1, 0.15) is 11.3 Å². The summed E-state index contributed by atoms with van der Waals surface area (Å²) in [7, 11) is 0. The minimum atomic E-state index is 0.367. The number of hydrogen-bond acceptors (Lipinski definition) is 5. The molecule has 2 heterocycles. The van der Waals surface area contributed by atoms with Crippen molar-refractivity contribution < 1.29 is 4.42 Å². The van der Waals surface area contributed by atoms with Gasteiger partial charge in [-0.05, 0) is 24.6 Å². The van der Waals surface area contributed by atoms with Crippen molar-refractivity contribution in [2.75, 3.05) is 5.32 Å². The Kier molecular flexibility index (Phi) is 2.64. The van der Waals surface area contributed by atoms with E-state index in [1.54, 1.807) is 6.20 Å². The molecular formula is C10H12N4O. The third kappa shape index (κ3) is 2.32. The highest BCUT2D eigenvalue weighted by molar-refractivity contribution is 5.47. The number of rotatable bonds is 3. The Morgan fingerprint density at radius 3 is 3.07 bits per heavy atom. The molecule has 0 atom stereocenters. The van der Waals surface area contributed by atoms with E-state index in [0.717, 1.165) is 5.56 Å². The highest BCUT2D eigenvalue weighted by atomic mass is 16.4. The molecule has 0 aliphatic rings. The first-order valence-corrected chi connectivity index (χ1v) is 4.62. The van der Waals surface area contributed by atoms with E-state index in [9.17, 15) is 0 Å². The van der Waals surface area contributed by atoms with Gasteiger partial charge < -0.3 is 10.2 Å². The number of aromatic nitrogens is 2. The Morgan fingerprint density at radius 1 is 1.53 bits per heavy atom. The molecule has 0 radical (unpaired) electrons. The van der Waals surface area contributed by atoms with Crippen LogP contribution in [0, 0.1) is 6.92 Å². The lowest BCUT2D eigenvalue weighted by Gasteiger charge is -2.00. The number of nitrogens with two attached hydrogens (primary N) is 1. The first kappa shape index (κ1) is 9.67. The van der Waals surface area contributed by atoms with Crippen LogP contribution in [0.3, 0.4) is 0 Å². The molecule has 0 fully saturated rings. The molecule has 0 bridgehead atoms. The molecule has 78 valence electrons. The van der Waals surface area contributed by atoms with Crippen LogP contribution < -0.4 is 11.1 Å². The third-order valence-electron chi connectivity index (χ3n) is 1.91. The first-order chi connectivity index (χ1) is 7.28. The van der Waals surface area contributed by atoms with Gasteiger partial charge in [0.25, 0.3) is 0 Å². The number of hydrogen-bond donors (Lipinski definition) is 2. The summed E-state index contributed by atoms with van der Waals surface area (Å²) in [5.41, 5.74) is 7.25. The second-order valence-electron chi connectivity index (χ2n) is 3.19. The summed E-state index contributed by atoms with van der Waals surface area (Å²) >= 11 is 0. The fourth-order valence-corrected chi connectivity index (χ4v) is 1.17. The lowest BCUT2D eigenvalue weighted by atomic mass is 10.3. The minimum absolute atomic E-state index is 0.367. The molecule has 2 aromatic heterocycles. The van der Waals surface area contributed by atoms with Crippen LogP contribution in [0.4, 0.5) is 11.8 Å². The Labute approximate surface area is 87.3 Å². The normalized spacial score (nSPS) is 10.3. The van der Waals surface area contributed by atoms with Crippen LogP contribution in [0.2, 0.25) is 0 Å². The highest BCUT2D eigenvalue weighted by Crippen LogP contribution is 2.14. The van der Waals surface area contributed by atoms with Gasteiger partial charge in [0.2, 0.25) is 0 Å². The molecule has 5 nitrogen and oxygen atoms in total. The van der Waals surface area contributed by atoms with Gasteiger partial charge in [0.15, 0.2) is 0 Å². The van der Waals surface area contributed by atoms with E-state index in [-0.39, 0.29) is 0 Å². The largest absolute Gasteiger partial charge is 0.432 e. The van der Waals surface area contributed by atoms with Gasteiger partial charge in [0.05, 0.1) is 5.69 Å². The first-order valence-electron chi connectivity index (χ1n) is 4.62. The second kappa shape index (κ2) is 4.10. The van der Waals surface area contributed by atoms with E-state index in [2.05, 4.69) is 15.3 Å². The van der Waals surface area contributed by atoms with Gasteiger partial charge in [-0.2, -0.15) is 4.98 Å². The molecule has 0 saturated heterocycles. The summed E-state index contributed by atoms with van der Waals surface area (Å²) in [5, 5.41) is 2.96. The third-order valence-corrected chi connectivity index (χ3v) is 1.91. The minimum Gasteiger partial charge on any atom is -0.432 e. The standard InChI is InChI=1S/C10H12N4O/c1-7-2-3-12-9(4-7)14-10-13-8(5-11)6-15-10/h2-4,6H,5,11H2,1H3,(H,12,13,14). The van der Waals surface area contributed by atoms with E-state index in [4.69, 9.17) is 10.2 Å². The van der Waals surface area contributed by atoms with Crippen LogP contribution in [-0.4, -0.2) is 9.97 Å². The predicted molar refractivity (Wildman–Crippen MR) is 56.7 cm³/mol. The molecule has 3 N–H and O–H groups in total. The number of anilines is 2. The lowest BCUT2D eigenvalue weighted by Crippen LogP contribution is -1.97. The van der Waals surface area contributed by atoms with Crippen molar-refractivity contribution in [1.82, 2.24) is 9.97 Å². The molecule has 0 spiro atoms. The Morgan fingerprint density at radius 2 is 2.40 bits per heavy atom. The monoisotopic (exact) mass is 204 g/mol. The maximum absolute atomic E-state index is 5.41. The van der Waals surface area contributed by atoms with Crippen molar-refractivity contribution >= 4 is 11.8 Å². The van der Waals surface area contributed by atoms with Crippen LogP contribution in [-0.2, 0) is 6.54 Å². The van der Waals surface area contributed by atoms with Gasteiger partial charge in [0, 0.05) is 12.7 Å². The van der Waals surface area contributed by atoms with E-state index < -0.39 is 0 Å². The topological polar surface area (TPSA) is 77.0 Å². The number of nitrogens with one attached hydrogen (secondary N) is 1. The summed E-state index contributed by atoms with van der Waals surface area (Å²) in [5.74, 6) is 0.709. The molecule has 0 aliphatic heterocycles. The molecule has 0 aromatic carbocycles. The van der Waals surface area contributed by atoms with Crippen molar-refractivity contribution in [3.8, 4) is 0 Å². The smallest absolute Gasteiger partial charge is 0.300 e. The van der Waals surface area contributed by atoms with Gasteiger partial charge in [-0.25, -0.2) is 4.98 Å². The quantitative estimate of drug-likeness (QED) is 0.793. The molecule has 5 heteroatoms. The van der Waals surface area contributed by atoms with Crippen LogP contribution >= 0.6 is 0 Å². The molecule has 0 unspecified atom stereocenters. The molecule has 2 aromatic rings. The summed E-state index contributed by atoms with van der Waals surface area (Å²) in [6.45, 7) is 2.36. The zero-order valence-electron chi connectivity index (χ0n) is 8.40. The van der Waals surface area contributed by atoms with Crippen molar-refractivity contribution in [2.45, 2.75) is 13.5 Å². The van der Waals surface area contributed by atoms with Gasteiger partial charge in [-0.1, -0.05) is 0 Å². The van der Waals surface area contributed by atoms with Gasteiger partial charge in [-0.3, -0.25) is 5.32 Å².